The molecule has 1 aliphatic carbocycles. The first kappa shape index (κ1) is 28.5. The lowest BCUT2D eigenvalue weighted by atomic mass is 10.0. The zero-order valence-electron chi connectivity index (χ0n) is 21.0. The molecular formula is C30H31Cl2FN2O2S. The van der Waals surface area contributed by atoms with Crippen molar-refractivity contribution in [1.82, 2.24) is 10.2 Å². The van der Waals surface area contributed by atoms with Crippen LogP contribution in [0.5, 0.6) is 0 Å². The van der Waals surface area contributed by atoms with Crippen LogP contribution in [0, 0.1) is 5.82 Å². The van der Waals surface area contributed by atoms with Gasteiger partial charge in [0.1, 0.15) is 11.9 Å². The fourth-order valence-electron chi connectivity index (χ4n) is 4.70. The summed E-state index contributed by atoms with van der Waals surface area (Å²) in [5, 5.41) is 4.30. The number of carbonyl (C=O) groups excluding carboxylic acids is 2. The first-order valence-corrected chi connectivity index (χ1v) is 14.7. The van der Waals surface area contributed by atoms with E-state index in [4.69, 9.17) is 23.2 Å². The summed E-state index contributed by atoms with van der Waals surface area (Å²) in [4.78, 5) is 29.0. The molecule has 38 heavy (non-hydrogen) atoms. The molecule has 3 aromatic carbocycles. The van der Waals surface area contributed by atoms with Crippen LogP contribution in [0.2, 0.25) is 10.0 Å². The molecule has 1 N–H and O–H groups in total. The first-order chi connectivity index (χ1) is 18.4. The van der Waals surface area contributed by atoms with Gasteiger partial charge in [0, 0.05) is 34.8 Å². The number of carbonyl (C=O) groups is 2. The summed E-state index contributed by atoms with van der Waals surface area (Å²) < 4.78 is 13.6. The van der Waals surface area contributed by atoms with Crippen molar-refractivity contribution in [2.75, 3.05) is 5.75 Å². The number of thioether (sulfide) groups is 1. The van der Waals surface area contributed by atoms with Gasteiger partial charge in [-0.3, -0.25) is 9.59 Å². The Balaban J connectivity index is 1.57. The quantitative estimate of drug-likeness (QED) is 0.267. The van der Waals surface area contributed by atoms with Crippen LogP contribution in [0.3, 0.4) is 0 Å². The van der Waals surface area contributed by atoms with E-state index in [0.717, 1.165) is 42.4 Å². The highest BCUT2D eigenvalue weighted by atomic mass is 35.5. The fraction of sp³-hybridized carbons (Fsp3) is 0.333. The molecular weight excluding hydrogens is 542 g/mol. The zero-order valence-corrected chi connectivity index (χ0v) is 23.4. The molecule has 0 bridgehead atoms. The average molecular weight is 574 g/mol. The number of rotatable bonds is 11. The molecule has 1 aliphatic rings. The SMILES string of the molecule is O=C(NC1CCCC1)[C@H](Cc1ccccc1)N(Cc1ccc(F)cc1)C(=O)CSCc1c(Cl)cccc1Cl. The lowest BCUT2D eigenvalue weighted by Crippen LogP contribution is -2.52. The van der Waals surface area contributed by atoms with Crippen molar-refractivity contribution in [3.8, 4) is 0 Å². The molecule has 1 saturated carbocycles. The van der Waals surface area contributed by atoms with E-state index in [1.165, 1.54) is 23.9 Å². The Labute approximate surface area is 237 Å². The molecule has 0 aliphatic heterocycles. The maximum atomic E-state index is 13.7. The van der Waals surface area contributed by atoms with Gasteiger partial charge < -0.3 is 10.2 Å². The minimum atomic E-state index is -0.708. The number of hydrogen-bond donors (Lipinski definition) is 1. The highest BCUT2D eigenvalue weighted by molar-refractivity contribution is 7.99. The highest BCUT2D eigenvalue weighted by Gasteiger charge is 2.32. The van der Waals surface area contributed by atoms with Crippen molar-refractivity contribution < 1.29 is 14.0 Å². The second-order valence-electron chi connectivity index (χ2n) is 9.54. The van der Waals surface area contributed by atoms with Crippen molar-refractivity contribution in [2.45, 2.75) is 56.5 Å². The third-order valence-corrected chi connectivity index (χ3v) is 8.42. The molecule has 4 rings (SSSR count). The molecule has 0 aromatic heterocycles. The van der Waals surface area contributed by atoms with Gasteiger partial charge in [-0.25, -0.2) is 4.39 Å². The standard InChI is InChI=1S/C30H31Cl2FN2O2S/c31-26-11-6-12-27(32)25(26)19-38-20-29(36)35(18-22-13-15-23(33)16-14-22)28(17-21-7-2-1-3-8-21)30(37)34-24-9-4-5-10-24/h1-3,6-8,11-16,24,28H,4-5,9-10,17-20H2,(H,34,37)/t28-/m0/s1. The lowest BCUT2D eigenvalue weighted by Gasteiger charge is -2.32. The average Bonchev–Trinajstić information content (AvgIpc) is 3.42. The van der Waals surface area contributed by atoms with Crippen molar-refractivity contribution in [2.24, 2.45) is 0 Å². The van der Waals surface area contributed by atoms with Gasteiger partial charge in [-0.05, 0) is 53.8 Å². The molecule has 2 amide bonds. The molecule has 0 saturated heterocycles. The molecule has 0 radical (unpaired) electrons. The van der Waals surface area contributed by atoms with Crippen LogP contribution >= 0.6 is 35.0 Å². The molecule has 1 atom stereocenters. The van der Waals surface area contributed by atoms with Crippen LogP contribution < -0.4 is 5.32 Å². The monoisotopic (exact) mass is 572 g/mol. The van der Waals surface area contributed by atoms with Gasteiger partial charge >= 0.3 is 0 Å². The lowest BCUT2D eigenvalue weighted by molar-refractivity contribution is -0.139. The molecule has 8 heteroatoms. The third-order valence-electron chi connectivity index (χ3n) is 6.77. The van der Waals surface area contributed by atoms with Crippen molar-refractivity contribution in [1.29, 1.82) is 0 Å². The van der Waals surface area contributed by atoms with Crippen LogP contribution in [-0.4, -0.2) is 34.6 Å². The van der Waals surface area contributed by atoms with Gasteiger partial charge in [-0.15, -0.1) is 11.8 Å². The molecule has 0 unspecified atom stereocenters. The van der Waals surface area contributed by atoms with Gasteiger partial charge in [-0.1, -0.05) is 84.6 Å². The Morgan fingerprint density at radius 2 is 1.58 bits per heavy atom. The smallest absolute Gasteiger partial charge is 0.243 e. The summed E-state index contributed by atoms with van der Waals surface area (Å²) in [7, 11) is 0. The topological polar surface area (TPSA) is 49.4 Å². The van der Waals surface area contributed by atoms with E-state index in [1.54, 1.807) is 35.2 Å². The van der Waals surface area contributed by atoms with Crippen molar-refractivity contribution in [3.05, 3.63) is 105 Å². The number of halogens is 3. The Morgan fingerprint density at radius 3 is 2.24 bits per heavy atom. The summed E-state index contributed by atoms with van der Waals surface area (Å²) in [6.45, 7) is 0.197. The maximum Gasteiger partial charge on any atom is 0.243 e. The van der Waals surface area contributed by atoms with E-state index in [2.05, 4.69) is 5.32 Å². The van der Waals surface area contributed by atoms with Gasteiger partial charge in [0.2, 0.25) is 11.8 Å². The summed E-state index contributed by atoms with van der Waals surface area (Å²) in [6.07, 6.45) is 4.46. The van der Waals surface area contributed by atoms with E-state index in [-0.39, 0.29) is 36.0 Å². The predicted molar refractivity (Wildman–Crippen MR) is 154 cm³/mol. The van der Waals surface area contributed by atoms with Gasteiger partial charge in [-0.2, -0.15) is 0 Å². The van der Waals surface area contributed by atoms with Crippen LogP contribution in [0.15, 0.2) is 72.8 Å². The molecule has 0 heterocycles. The zero-order chi connectivity index (χ0) is 26.9. The summed E-state index contributed by atoms with van der Waals surface area (Å²) >= 11 is 14.0. The minimum Gasteiger partial charge on any atom is -0.352 e. The first-order valence-electron chi connectivity index (χ1n) is 12.8. The van der Waals surface area contributed by atoms with Gasteiger partial charge in [0.25, 0.3) is 0 Å². The van der Waals surface area contributed by atoms with E-state index in [9.17, 15) is 14.0 Å². The van der Waals surface area contributed by atoms with Crippen LogP contribution in [0.25, 0.3) is 0 Å². The van der Waals surface area contributed by atoms with E-state index in [1.807, 2.05) is 30.3 Å². The fourth-order valence-corrected chi connectivity index (χ4v) is 6.35. The maximum absolute atomic E-state index is 13.7. The van der Waals surface area contributed by atoms with E-state index >= 15 is 0 Å². The Morgan fingerprint density at radius 1 is 0.921 bits per heavy atom. The van der Waals surface area contributed by atoms with Gasteiger partial charge in [0.05, 0.1) is 5.75 Å². The number of nitrogens with one attached hydrogen (secondary N) is 1. The number of amides is 2. The minimum absolute atomic E-state index is 0.125. The van der Waals surface area contributed by atoms with Crippen LogP contribution in [0.1, 0.15) is 42.4 Å². The van der Waals surface area contributed by atoms with E-state index in [0.29, 0.717) is 22.2 Å². The van der Waals surface area contributed by atoms with E-state index < -0.39 is 6.04 Å². The second-order valence-corrected chi connectivity index (χ2v) is 11.3. The van der Waals surface area contributed by atoms with Crippen LogP contribution in [-0.2, 0) is 28.3 Å². The molecule has 0 spiro atoms. The predicted octanol–water partition coefficient (Wildman–Crippen LogP) is 7.06. The molecule has 3 aromatic rings. The largest absolute Gasteiger partial charge is 0.352 e. The Hall–Kier alpha value is -2.54. The number of nitrogens with zero attached hydrogens (tertiary/aromatic N) is 1. The number of benzene rings is 3. The Kier molecular flexibility index (Phi) is 10.5. The second kappa shape index (κ2) is 14.0. The van der Waals surface area contributed by atoms with Crippen molar-refractivity contribution >= 4 is 46.8 Å². The molecule has 1 fully saturated rings. The molecule has 4 nitrogen and oxygen atoms in total. The third kappa shape index (κ3) is 7.98. The molecule has 200 valence electrons. The summed E-state index contributed by atoms with van der Waals surface area (Å²) in [5.74, 6) is -0.0734. The highest BCUT2D eigenvalue weighted by Crippen LogP contribution is 2.29. The van der Waals surface area contributed by atoms with Gasteiger partial charge in [0.15, 0.2) is 0 Å². The Bertz CT molecular complexity index is 1200. The van der Waals surface area contributed by atoms with Crippen molar-refractivity contribution in [3.63, 3.8) is 0 Å². The number of hydrogen-bond acceptors (Lipinski definition) is 3. The summed E-state index contributed by atoms with van der Waals surface area (Å²) in [6, 6.07) is 20.5. The summed E-state index contributed by atoms with van der Waals surface area (Å²) in [5.41, 5.74) is 2.50. The normalized spacial score (nSPS) is 14.3. The van der Waals surface area contributed by atoms with Crippen LogP contribution in [0.4, 0.5) is 4.39 Å².